The Hall–Kier alpha value is -0.870. The summed E-state index contributed by atoms with van der Waals surface area (Å²) in [5.74, 6) is 0.538. The van der Waals surface area contributed by atoms with Crippen LogP contribution in [-0.2, 0) is 16.3 Å². The van der Waals surface area contributed by atoms with Crippen LogP contribution in [0.4, 0.5) is 0 Å². The molecule has 1 saturated carbocycles. The Morgan fingerprint density at radius 1 is 1.33 bits per heavy atom. The van der Waals surface area contributed by atoms with Crippen molar-refractivity contribution < 1.29 is 13.5 Å². The highest BCUT2D eigenvalue weighted by Gasteiger charge is 2.30. The zero-order chi connectivity index (χ0) is 13.2. The van der Waals surface area contributed by atoms with Crippen LogP contribution in [0.15, 0.2) is 29.2 Å². The molecule has 0 radical (unpaired) electrons. The molecular weight excluding hydrogens is 248 g/mol. The van der Waals surface area contributed by atoms with Crippen LogP contribution in [0.5, 0.6) is 0 Å². The van der Waals surface area contributed by atoms with Gasteiger partial charge in [-0.05, 0) is 43.2 Å². The van der Waals surface area contributed by atoms with Crippen LogP contribution >= 0.6 is 0 Å². The maximum absolute atomic E-state index is 12.1. The third kappa shape index (κ3) is 3.12. The first-order chi connectivity index (χ1) is 8.54. The summed E-state index contributed by atoms with van der Waals surface area (Å²) in [4.78, 5) is 0.395. The zero-order valence-corrected chi connectivity index (χ0v) is 11.5. The van der Waals surface area contributed by atoms with Gasteiger partial charge in [0.1, 0.15) is 0 Å². The summed E-state index contributed by atoms with van der Waals surface area (Å²) in [5.41, 5.74) is 0.755. The second-order valence-electron chi connectivity index (χ2n) is 5.04. The SMILES string of the molecule is CCCS(=O)(=O)c1ccccc1CC(O)C1CC1. The predicted molar refractivity (Wildman–Crippen MR) is 71.2 cm³/mol. The molecule has 3 nitrogen and oxygen atoms in total. The molecule has 0 heterocycles. The lowest BCUT2D eigenvalue weighted by atomic mass is 10.1. The average Bonchev–Trinajstić information content (AvgIpc) is 3.13. The molecule has 1 aliphatic carbocycles. The lowest BCUT2D eigenvalue weighted by Gasteiger charge is -2.13. The topological polar surface area (TPSA) is 54.4 Å². The van der Waals surface area contributed by atoms with Crippen LogP contribution in [0.1, 0.15) is 31.7 Å². The van der Waals surface area contributed by atoms with Gasteiger partial charge in [0.25, 0.3) is 0 Å². The lowest BCUT2D eigenvalue weighted by molar-refractivity contribution is 0.151. The van der Waals surface area contributed by atoms with Crippen molar-refractivity contribution in [3.63, 3.8) is 0 Å². The maximum Gasteiger partial charge on any atom is 0.178 e. The summed E-state index contributed by atoms with van der Waals surface area (Å²) in [7, 11) is -3.20. The standard InChI is InChI=1S/C14H20O3S/c1-2-9-18(16,17)14-6-4-3-5-12(14)10-13(15)11-7-8-11/h3-6,11,13,15H,2,7-10H2,1H3. The number of hydrogen-bond acceptors (Lipinski definition) is 3. The number of rotatable bonds is 6. The number of hydrogen-bond donors (Lipinski definition) is 1. The summed E-state index contributed by atoms with van der Waals surface area (Å²) >= 11 is 0. The van der Waals surface area contributed by atoms with Gasteiger partial charge in [0.05, 0.1) is 16.8 Å². The number of benzene rings is 1. The van der Waals surface area contributed by atoms with Gasteiger partial charge in [-0.2, -0.15) is 0 Å². The fourth-order valence-corrected chi connectivity index (χ4v) is 3.82. The maximum atomic E-state index is 12.1. The molecule has 0 spiro atoms. The van der Waals surface area contributed by atoms with E-state index in [0.717, 1.165) is 18.4 Å². The molecule has 0 aromatic heterocycles. The molecule has 0 bridgehead atoms. The zero-order valence-electron chi connectivity index (χ0n) is 10.7. The third-order valence-corrected chi connectivity index (χ3v) is 5.39. The first kappa shape index (κ1) is 13.6. The Kier molecular flexibility index (Phi) is 4.07. The molecule has 4 heteroatoms. The van der Waals surface area contributed by atoms with Gasteiger partial charge in [0, 0.05) is 0 Å². The number of aliphatic hydroxyl groups is 1. The van der Waals surface area contributed by atoms with E-state index in [1.165, 1.54) is 0 Å². The van der Waals surface area contributed by atoms with E-state index < -0.39 is 15.9 Å². The van der Waals surface area contributed by atoms with Crippen LogP contribution in [0.2, 0.25) is 0 Å². The van der Waals surface area contributed by atoms with Crippen molar-refractivity contribution in [2.45, 2.75) is 43.6 Å². The minimum absolute atomic E-state index is 0.170. The highest BCUT2D eigenvalue weighted by Crippen LogP contribution is 2.34. The summed E-state index contributed by atoms with van der Waals surface area (Å²) in [5, 5.41) is 9.97. The molecule has 1 atom stereocenters. The molecule has 100 valence electrons. The Morgan fingerprint density at radius 2 is 2.00 bits per heavy atom. The van der Waals surface area contributed by atoms with E-state index in [1.807, 2.05) is 19.1 Å². The summed E-state index contributed by atoms with van der Waals surface area (Å²) in [6.45, 7) is 1.86. The summed E-state index contributed by atoms with van der Waals surface area (Å²) < 4.78 is 24.3. The van der Waals surface area contributed by atoms with Crippen LogP contribution < -0.4 is 0 Å². The molecule has 1 unspecified atom stereocenters. The third-order valence-electron chi connectivity index (χ3n) is 3.38. The molecule has 0 saturated heterocycles. The molecule has 1 aromatic rings. The molecular formula is C14H20O3S. The van der Waals surface area contributed by atoms with E-state index in [-0.39, 0.29) is 5.75 Å². The van der Waals surface area contributed by atoms with Crippen molar-refractivity contribution in [3.05, 3.63) is 29.8 Å². The van der Waals surface area contributed by atoms with Gasteiger partial charge in [0.15, 0.2) is 9.84 Å². The average molecular weight is 268 g/mol. The Balaban J connectivity index is 2.24. The Bertz CT molecular complexity index is 504. The number of sulfone groups is 1. The first-order valence-electron chi connectivity index (χ1n) is 6.53. The molecule has 0 aliphatic heterocycles. The second kappa shape index (κ2) is 5.41. The van der Waals surface area contributed by atoms with Crippen molar-refractivity contribution in [1.29, 1.82) is 0 Å². The monoisotopic (exact) mass is 268 g/mol. The predicted octanol–water partition coefficient (Wildman–Crippen LogP) is 2.18. The largest absolute Gasteiger partial charge is 0.392 e. The van der Waals surface area contributed by atoms with Crippen LogP contribution in [0.25, 0.3) is 0 Å². The quantitative estimate of drug-likeness (QED) is 0.860. The lowest BCUT2D eigenvalue weighted by Crippen LogP contribution is -2.16. The molecule has 0 amide bonds. The minimum atomic E-state index is -3.20. The van der Waals surface area contributed by atoms with Gasteiger partial charge in [-0.25, -0.2) is 8.42 Å². The molecule has 1 aromatic carbocycles. The normalized spacial score (nSPS) is 17.7. The van der Waals surface area contributed by atoms with Crippen molar-refractivity contribution in [2.24, 2.45) is 5.92 Å². The summed E-state index contributed by atoms with van der Waals surface area (Å²) in [6.07, 6.45) is 2.78. The van der Waals surface area contributed by atoms with Gasteiger partial charge < -0.3 is 5.11 Å². The van der Waals surface area contributed by atoms with Crippen molar-refractivity contribution in [1.82, 2.24) is 0 Å². The van der Waals surface area contributed by atoms with E-state index in [1.54, 1.807) is 12.1 Å². The van der Waals surface area contributed by atoms with E-state index in [4.69, 9.17) is 0 Å². The van der Waals surface area contributed by atoms with Gasteiger partial charge >= 0.3 is 0 Å². The molecule has 1 fully saturated rings. The van der Waals surface area contributed by atoms with Gasteiger partial charge in [-0.3, -0.25) is 0 Å². The van der Waals surface area contributed by atoms with Gasteiger partial charge in [0.2, 0.25) is 0 Å². The van der Waals surface area contributed by atoms with Crippen molar-refractivity contribution >= 4 is 9.84 Å². The Labute approximate surface area is 109 Å². The van der Waals surface area contributed by atoms with E-state index in [9.17, 15) is 13.5 Å². The molecule has 1 aliphatic rings. The Morgan fingerprint density at radius 3 is 2.61 bits per heavy atom. The van der Waals surface area contributed by atoms with Crippen LogP contribution in [0.3, 0.4) is 0 Å². The van der Waals surface area contributed by atoms with Crippen LogP contribution in [-0.4, -0.2) is 25.4 Å². The molecule has 18 heavy (non-hydrogen) atoms. The second-order valence-corrected chi connectivity index (χ2v) is 7.11. The van der Waals surface area contributed by atoms with Crippen LogP contribution in [0, 0.1) is 5.92 Å². The smallest absolute Gasteiger partial charge is 0.178 e. The van der Waals surface area contributed by atoms with Crippen molar-refractivity contribution in [2.75, 3.05) is 5.75 Å². The van der Waals surface area contributed by atoms with E-state index >= 15 is 0 Å². The van der Waals surface area contributed by atoms with Gasteiger partial charge in [-0.15, -0.1) is 0 Å². The summed E-state index contributed by atoms with van der Waals surface area (Å²) in [6, 6.07) is 7.05. The van der Waals surface area contributed by atoms with Crippen molar-refractivity contribution in [3.8, 4) is 0 Å². The molecule has 1 N–H and O–H groups in total. The van der Waals surface area contributed by atoms with E-state index in [2.05, 4.69) is 0 Å². The highest BCUT2D eigenvalue weighted by atomic mass is 32.2. The molecule has 2 rings (SSSR count). The fourth-order valence-electron chi connectivity index (χ4n) is 2.23. The fraction of sp³-hybridized carbons (Fsp3) is 0.571. The number of aliphatic hydroxyl groups excluding tert-OH is 1. The van der Waals surface area contributed by atoms with Gasteiger partial charge in [-0.1, -0.05) is 25.1 Å². The van der Waals surface area contributed by atoms with E-state index in [0.29, 0.717) is 23.7 Å². The highest BCUT2D eigenvalue weighted by molar-refractivity contribution is 7.91. The first-order valence-corrected chi connectivity index (χ1v) is 8.18. The minimum Gasteiger partial charge on any atom is -0.392 e.